The molecule has 0 atom stereocenters. The minimum Gasteiger partial charge on any atom is -0.456 e. The molecule has 0 saturated carbocycles. The number of rotatable bonds is 5. The Labute approximate surface area is 297 Å². The van der Waals surface area contributed by atoms with Crippen LogP contribution in [0.25, 0.3) is 88.3 Å². The molecule has 0 spiro atoms. The molecule has 0 aliphatic heterocycles. The molecule has 3 aromatic heterocycles. The van der Waals surface area contributed by atoms with Gasteiger partial charge in [-0.1, -0.05) is 78.9 Å². The van der Waals surface area contributed by atoms with E-state index in [0.29, 0.717) is 5.89 Å². The van der Waals surface area contributed by atoms with Crippen molar-refractivity contribution in [2.45, 2.75) is 0 Å². The van der Waals surface area contributed by atoms with Crippen LogP contribution in [0.15, 0.2) is 183 Å². The van der Waals surface area contributed by atoms with Crippen LogP contribution in [-0.4, -0.2) is 4.98 Å². The zero-order valence-corrected chi connectivity index (χ0v) is 27.8. The number of benzene rings is 8. The molecule has 0 bridgehead atoms. The summed E-state index contributed by atoms with van der Waals surface area (Å²) in [5, 5.41) is 6.66. The van der Waals surface area contributed by atoms with Crippen molar-refractivity contribution >= 4 is 82.8 Å². The number of hydrogen-bond donors (Lipinski definition) is 0. The smallest absolute Gasteiger partial charge is 0.227 e. The summed E-state index contributed by atoms with van der Waals surface area (Å²) >= 11 is 0. The Bertz CT molecular complexity index is 3110. The van der Waals surface area contributed by atoms with Gasteiger partial charge in [-0.25, -0.2) is 4.98 Å². The van der Waals surface area contributed by atoms with E-state index < -0.39 is 0 Å². The number of oxazole rings is 1. The van der Waals surface area contributed by atoms with E-state index >= 15 is 0 Å². The third kappa shape index (κ3) is 4.60. The van der Waals surface area contributed by atoms with E-state index in [1.807, 2.05) is 48.5 Å². The quantitative estimate of drug-likeness (QED) is 0.183. The highest BCUT2D eigenvalue weighted by Gasteiger charge is 2.19. The summed E-state index contributed by atoms with van der Waals surface area (Å²) in [6, 6.07) is 58.9. The lowest BCUT2D eigenvalue weighted by molar-refractivity contribution is 0.620. The van der Waals surface area contributed by atoms with Crippen LogP contribution in [0.4, 0.5) is 17.1 Å². The molecule has 8 aromatic carbocycles. The van der Waals surface area contributed by atoms with E-state index in [9.17, 15) is 0 Å². The van der Waals surface area contributed by atoms with Gasteiger partial charge >= 0.3 is 0 Å². The van der Waals surface area contributed by atoms with E-state index in [4.69, 9.17) is 18.2 Å². The van der Waals surface area contributed by atoms with Gasteiger partial charge in [0.25, 0.3) is 0 Å². The van der Waals surface area contributed by atoms with Crippen molar-refractivity contribution in [1.29, 1.82) is 0 Å². The van der Waals surface area contributed by atoms with Gasteiger partial charge in [0.2, 0.25) is 5.89 Å². The fourth-order valence-electron chi connectivity index (χ4n) is 7.51. The van der Waals surface area contributed by atoms with Crippen LogP contribution >= 0.6 is 0 Å². The van der Waals surface area contributed by atoms with Gasteiger partial charge in [0.05, 0.1) is 0 Å². The maximum absolute atomic E-state index is 6.36. The second-order valence-corrected chi connectivity index (χ2v) is 13.2. The molecule has 0 aliphatic rings. The zero-order chi connectivity index (χ0) is 34.2. The van der Waals surface area contributed by atoms with Crippen LogP contribution < -0.4 is 4.90 Å². The minimum absolute atomic E-state index is 0.584. The summed E-state index contributed by atoms with van der Waals surface area (Å²) < 4.78 is 18.8. The van der Waals surface area contributed by atoms with Crippen LogP contribution in [0.1, 0.15) is 0 Å². The summed E-state index contributed by atoms with van der Waals surface area (Å²) in [4.78, 5) is 7.03. The number of aromatic nitrogens is 1. The summed E-state index contributed by atoms with van der Waals surface area (Å²) in [7, 11) is 0. The first-order valence-corrected chi connectivity index (χ1v) is 17.3. The summed E-state index contributed by atoms with van der Waals surface area (Å²) in [5.74, 6) is 0.584. The van der Waals surface area contributed by atoms with Crippen molar-refractivity contribution in [1.82, 2.24) is 4.98 Å². The monoisotopic (exact) mass is 668 g/mol. The van der Waals surface area contributed by atoms with E-state index in [-0.39, 0.29) is 0 Å². The Hall–Kier alpha value is -7.11. The number of fused-ring (bicyclic) bond motifs is 8. The van der Waals surface area contributed by atoms with Crippen molar-refractivity contribution in [3.63, 3.8) is 0 Å². The van der Waals surface area contributed by atoms with E-state index in [2.05, 4.69) is 126 Å². The molecule has 5 nitrogen and oxygen atoms in total. The molecule has 0 amide bonds. The van der Waals surface area contributed by atoms with Crippen molar-refractivity contribution in [2.75, 3.05) is 4.90 Å². The lowest BCUT2D eigenvalue weighted by atomic mass is 10.0. The average Bonchev–Trinajstić information content (AvgIpc) is 3.91. The molecule has 0 fully saturated rings. The average molecular weight is 669 g/mol. The molecule has 0 saturated heterocycles. The Morgan fingerprint density at radius 2 is 0.962 bits per heavy atom. The maximum Gasteiger partial charge on any atom is 0.227 e. The summed E-state index contributed by atoms with van der Waals surface area (Å²) in [5.41, 5.74) is 11.2. The van der Waals surface area contributed by atoms with Crippen LogP contribution in [-0.2, 0) is 0 Å². The molecular formula is C47H28N2O3. The van der Waals surface area contributed by atoms with Gasteiger partial charge < -0.3 is 18.2 Å². The molecule has 52 heavy (non-hydrogen) atoms. The van der Waals surface area contributed by atoms with Gasteiger partial charge in [-0.15, -0.1) is 0 Å². The minimum atomic E-state index is 0.584. The highest BCUT2D eigenvalue weighted by Crippen LogP contribution is 2.42. The maximum atomic E-state index is 6.36. The second-order valence-electron chi connectivity index (χ2n) is 13.2. The summed E-state index contributed by atoms with van der Waals surface area (Å²) in [6.45, 7) is 0. The third-order valence-corrected chi connectivity index (χ3v) is 10.1. The van der Waals surface area contributed by atoms with Crippen molar-refractivity contribution in [3.05, 3.63) is 170 Å². The predicted octanol–water partition coefficient (Wildman–Crippen LogP) is 13.6. The zero-order valence-electron chi connectivity index (χ0n) is 27.8. The highest BCUT2D eigenvalue weighted by molar-refractivity contribution is 6.09. The summed E-state index contributed by atoms with van der Waals surface area (Å²) in [6.07, 6.45) is 0. The fourth-order valence-corrected chi connectivity index (χ4v) is 7.51. The molecular weight excluding hydrogens is 641 g/mol. The normalized spacial score (nSPS) is 11.8. The lowest BCUT2D eigenvalue weighted by Crippen LogP contribution is -2.09. The number of hydrogen-bond acceptors (Lipinski definition) is 5. The van der Waals surface area contributed by atoms with Gasteiger partial charge in [-0.05, 0) is 107 Å². The van der Waals surface area contributed by atoms with Crippen molar-refractivity contribution in [2.24, 2.45) is 0 Å². The number of para-hydroxylation sites is 3. The molecule has 11 rings (SSSR count). The number of anilines is 3. The third-order valence-electron chi connectivity index (χ3n) is 10.1. The van der Waals surface area contributed by atoms with E-state index in [1.165, 1.54) is 16.3 Å². The standard InChI is InChI=1S/C47H28N2O3/c1-2-8-31-25-32(14-13-29(31)7-1)30-15-18-34(19-16-30)49(36-20-22-38-37-9-3-5-11-42(37)51-46(38)28-36)35-21-24-44-40(27-35)39-26-33(17-23-43(39)50-44)47-48-41-10-4-6-12-45(41)52-47/h1-28H. The molecule has 0 N–H and O–H groups in total. The van der Waals surface area contributed by atoms with Gasteiger partial charge in [0.1, 0.15) is 27.8 Å². The molecule has 5 heteroatoms. The first-order valence-electron chi connectivity index (χ1n) is 17.3. The van der Waals surface area contributed by atoms with Gasteiger partial charge in [0.15, 0.2) is 5.58 Å². The fraction of sp³-hybridized carbons (Fsp3) is 0. The van der Waals surface area contributed by atoms with Gasteiger partial charge in [-0.3, -0.25) is 0 Å². The Kier molecular flexibility index (Phi) is 6.18. The van der Waals surface area contributed by atoms with Gasteiger partial charge in [0, 0.05) is 50.2 Å². The molecule has 0 unspecified atom stereocenters. The van der Waals surface area contributed by atoms with Crippen LogP contribution in [0.5, 0.6) is 0 Å². The number of nitrogens with zero attached hydrogens (tertiary/aromatic N) is 2. The van der Waals surface area contributed by atoms with E-state index in [0.717, 1.165) is 83.2 Å². The molecule has 244 valence electrons. The van der Waals surface area contributed by atoms with Gasteiger partial charge in [-0.2, -0.15) is 0 Å². The molecule has 11 aromatic rings. The first kappa shape index (κ1) is 28.7. The Morgan fingerprint density at radius 3 is 1.85 bits per heavy atom. The SMILES string of the molecule is c1ccc2cc(-c3ccc(N(c4ccc5c(c4)oc4ccccc45)c4ccc5oc6ccc(-c7nc8ccccc8o7)cc6c5c4)cc3)ccc2c1. The molecule has 3 heterocycles. The van der Waals surface area contributed by atoms with Crippen molar-refractivity contribution in [3.8, 4) is 22.6 Å². The van der Waals surface area contributed by atoms with Crippen LogP contribution in [0.3, 0.4) is 0 Å². The Balaban J connectivity index is 1.06. The predicted molar refractivity (Wildman–Crippen MR) is 212 cm³/mol. The molecule has 0 radical (unpaired) electrons. The Morgan fingerprint density at radius 1 is 0.346 bits per heavy atom. The molecule has 0 aliphatic carbocycles. The topological polar surface area (TPSA) is 55.6 Å². The first-order chi connectivity index (χ1) is 25.7. The second kappa shape index (κ2) is 11.2. The largest absolute Gasteiger partial charge is 0.456 e. The lowest BCUT2D eigenvalue weighted by Gasteiger charge is -2.25. The van der Waals surface area contributed by atoms with E-state index in [1.54, 1.807) is 0 Å². The number of furan rings is 2. The highest BCUT2D eigenvalue weighted by atomic mass is 16.3. The van der Waals surface area contributed by atoms with Crippen molar-refractivity contribution < 1.29 is 13.3 Å². The van der Waals surface area contributed by atoms with Crippen LogP contribution in [0.2, 0.25) is 0 Å². The van der Waals surface area contributed by atoms with Crippen LogP contribution in [0, 0.1) is 0 Å².